The Bertz CT molecular complexity index is 845. The number of carboxylic acid groups (broad SMARTS) is 1. The van der Waals surface area contributed by atoms with Crippen LogP contribution in [0.2, 0.25) is 0 Å². The van der Waals surface area contributed by atoms with Crippen LogP contribution in [0.5, 0.6) is 0 Å². The summed E-state index contributed by atoms with van der Waals surface area (Å²) in [5.74, 6) is -0.0769. The third kappa shape index (κ3) is 5.49. The van der Waals surface area contributed by atoms with E-state index in [0.29, 0.717) is 28.5 Å². The Balaban J connectivity index is 2.05. The Labute approximate surface area is 149 Å². The molecule has 0 spiro atoms. The second-order valence-electron chi connectivity index (χ2n) is 5.69. The number of benzene rings is 1. The van der Waals surface area contributed by atoms with Crippen LogP contribution in [0.3, 0.4) is 0 Å². The summed E-state index contributed by atoms with van der Waals surface area (Å²) in [5.41, 5.74) is 2.60. The molecule has 0 saturated heterocycles. The number of aliphatic carboxylic acids is 1. The van der Waals surface area contributed by atoms with Crippen molar-refractivity contribution in [1.29, 1.82) is 0 Å². The molecular weight excluding hydrogens is 340 g/mol. The summed E-state index contributed by atoms with van der Waals surface area (Å²) in [5, 5.41) is 11.4. The summed E-state index contributed by atoms with van der Waals surface area (Å²) in [6.45, 7) is 3.49. The van der Waals surface area contributed by atoms with Gasteiger partial charge in [-0.2, -0.15) is 11.8 Å². The van der Waals surface area contributed by atoms with Gasteiger partial charge in [0.15, 0.2) is 0 Å². The van der Waals surface area contributed by atoms with Gasteiger partial charge in [-0.25, -0.2) is 0 Å². The monoisotopic (exact) mass is 360 g/mol. The summed E-state index contributed by atoms with van der Waals surface area (Å²) in [4.78, 5) is 37.6. The van der Waals surface area contributed by atoms with Gasteiger partial charge in [0.05, 0.1) is 6.42 Å². The number of hydrogen-bond donors (Lipinski definition) is 3. The van der Waals surface area contributed by atoms with Gasteiger partial charge in [0.2, 0.25) is 0 Å². The van der Waals surface area contributed by atoms with Crippen molar-refractivity contribution in [3.63, 3.8) is 0 Å². The van der Waals surface area contributed by atoms with Crippen molar-refractivity contribution in [2.75, 3.05) is 11.1 Å². The normalized spacial score (nSPS) is 10.5. The summed E-state index contributed by atoms with van der Waals surface area (Å²) in [7, 11) is 0. The van der Waals surface area contributed by atoms with E-state index in [9.17, 15) is 14.4 Å². The Morgan fingerprint density at radius 2 is 2.00 bits per heavy atom. The number of H-pyrrole nitrogens is 1. The molecule has 2 aromatic rings. The van der Waals surface area contributed by atoms with Crippen molar-refractivity contribution in [1.82, 2.24) is 4.98 Å². The van der Waals surface area contributed by atoms with Crippen LogP contribution in [-0.4, -0.2) is 27.7 Å². The number of aromatic amines is 1. The number of anilines is 1. The molecule has 2 rings (SSSR count). The highest BCUT2D eigenvalue weighted by molar-refractivity contribution is 7.98. The Kier molecular flexibility index (Phi) is 6.41. The molecule has 0 bridgehead atoms. The van der Waals surface area contributed by atoms with Crippen molar-refractivity contribution in [3.8, 4) is 0 Å². The molecule has 1 aromatic heterocycles. The lowest BCUT2D eigenvalue weighted by atomic mass is 10.1. The van der Waals surface area contributed by atoms with E-state index in [4.69, 9.17) is 5.11 Å². The summed E-state index contributed by atoms with van der Waals surface area (Å²) < 4.78 is 0. The van der Waals surface area contributed by atoms with E-state index in [1.165, 1.54) is 11.8 Å². The van der Waals surface area contributed by atoms with Gasteiger partial charge >= 0.3 is 5.97 Å². The number of carbonyl (C=O) groups excluding carboxylic acids is 1. The number of rotatable bonds is 7. The van der Waals surface area contributed by atoms with E-state index in [-0.39, 0.29) is 12.0 Å². The largest absolute Gasteiger partial charge is 0.481 e. The lowest BCUT2D eigenvalue weighted by Crippen LogP contribution is -2.25. The summed E-state index contributed by atoms with van der Waals surface area (Å²) in [6, 6.07) is 9.05. The molecule has 1 heterocycles. The second kappa shape index (κ2) is 8.53. The molecule has 0 aliphatic rings. The standard InChI is InChI=1S/C18H20N2O4S/c1-11-8-12(2)19-17(23)16(11)18(24)20-14-5-3-4-13(9-14)10-25-7-6-15(21)22/h3-5,8-9H,6-7,10H2,1-2H3,(H,19,23)(H,20,24)(H,21,22). The first-order valence-electron chi connectivity index (χ1n) is 7.77. The summed E-state index contributed by atoms with van der Waals surface area (Å²) >= 11 is 1.52. The Hall–Kier alpha value is -2.54. The topological polar surface area (TPSA) is 99.3 Å². The number of carbonyl (C=O) groups is 2. The Morgan fingerprint density at radius 3 is 2.68 bits per heavy atom. The van der Waals surface area contributed by atoms with Crippen LogP contribution in [0, 0.1) is 13.8 Å². The van der Waals surface area contributed by atoms with Crippen LogP contribution in [0.1, 0.15) is 33.6 Å². The smallest absolute Gasteiger partial charge is 0.304 e. The molecule has 0 aliphatic carbocycles. The third-order valence-corrected chi connectivity index (χ3v) is 4.54. The van der Waals surface area contributed by atoms with Crippen molar-refractivity contribution in [2.24, 2.45) is 0 Å². The molecule has 0 radical (unpaired) electrons. The second-order valence-corrected chi connectivity index (χ2v) is 6.80. The maximum atomic E-state index is 12.4. The van der Waals surface area contributed by atoms with Crippen molar-refractivity contribution in [3.05, 3.63) is 63.1 Å². The van der Waals surface area contributed by atoms with Crippen LogP contribution in [-0.2, 0) is 10.5 Å². The summed E-state index contributed by atoms with van der Waals surface area (Å²) in [6.07, 6.45) is 0.122. The number of amides is 1. The quantitative estimate of drug-likeness (QED) is 0.659. The molecule has 6 nitrogen and oxygen atoms in total. The Morgan fingerprint density at radius 1 is 1.24 bits per heavy atom. The number of nitrogens with one attached hydrogen (secondary N) is 2. The highest BCUT2D eigenvalue weighted by Gasteiger charge is 2.14. The SMILES string of the molecule is Cc1cc(C)c(C(=O)Nc2cccc(CSCCC(=O)O)c2)c(=O)[nH]1. The van der Waals surface area contributed by atoms with Gasteiger partial charge in [0.25, 0.3) is 11.5 Å². The molecule has 1 amide bonds. The molecule has 132 valence electrons. The third-order valence-electron chi connectivity index (χ3n) is 3.51. The molecule has 1 aromatic carbocycles. The van der Waals surface area contributed by atoms with E-state index in [2.05, 4.69) is 10.3 Å². The number of pyridine rings is 1. The van der Waals surface area contributed by atoms with Crippen molar-refractivity contribution < 1.29 is 14.7 Å². The maximum Gasteiger partial charge on any atom is 0.304 e. The van der Waals surface area contributed by atoms with Crippen LogP contribution in [0.25, 0.3) is 0 Å². The van der Waals surface area contributed by atoms with E-state index in [1.807, 2.05) is 18.2 Å². The number of aryl methyl sites for hydroxylation is 2. The predicted octanol–water partition coefficient (Wildman–Crippen LogP) is 2.95. The van der Waals surface area contributed by atoms with Gasteiger partial charge < -0.3 is 15.4 Å². The van der Waals surface area contributed by atoms with Crippen molar-refractivity contribution in [2.45, 2.75) is 26.0 Å². The molecule has 0 aliphatic heterocycles. The van der Waals surface area contributed by atoms with E-state index < -0.39 is 17.4 Å². The fourth-order valence-electron chi connectivity index (χ4n) is 2.42. The van der Waals surface area contributed by atoms with Crippen molar-refractivity contribution >= 4 is 29.3 Å². The highest BCUT2D eigenvalue weighted by Crippen LogP contribution is 2.18. The highest BCUT2D eigenvalue weighted by atomic mass is 32.2. The van der Waals surface area contributed by atoms with Gasteiger partial charge in [-0.1, -0.05) is 12.1 Å². The number of carboxylic acids is 1. The first-order chi connectivity index (χ1) is 11.9. The van der Waals surface area contributed by atoms with Gasteiger partial charge in [-0.15, -0.1) is 0 Å². The number of hydrogen-bond acceptors (Lipinski definition) is 4. The molecule has 0 fully saturated rings. The lowest BCUT2D eigenvalue weighted by molar-refractivity contribution is -0.136. The zero-order chi connectivity index (χ0) is 18.4. The first kappa shape index (κ1) is 18.8. The van der Waals surface area contributed by atoms with Crippen LogP contribution < -0.4 is 10.9 Å². The number of thioether (sulfide) groups is 1. The van der Waals surface area contributed by atoms with Crippen LogP contribution >= 0.6 is 11.8 Å². The van der Waals surface area contributed by atoms with E-state index >= 15 is 0 Å². The van der Waals surface area contributed by atoms with Gasteiger partial charge in [0, 0.05) is 22.9 Å². The minimum absolute atomic E-state index is 0.104. The first-order valence-corrected chi connectivity index (χ1v) is 8.92. The van der Waals surface area contributed by atoms with E-state index in [0.717, 1.165) is 5.56 Å². The average Bonchev–Trinajstić information content (AvgIpc) is 2.50. The zero-order valence-corrected chi connectivity index (χ0v) is 14.9. The molecular formula is C18H20N2O4S. The van der Waals surface area contributed by atoms with Crippen LogP contribution in [0.15, 0.2) is 35.1 Å². The average molecular weight is 360 g/mol. The van der Waals surface area contributed by atoms with Crippen LogP contribution in [0.4, 0.5) is 5.69 Å². The molecule has 0 saturated carbocycles. The van der Waals surface area contributed by atoms with E-state index in [1.54, 1.807) is 26.0 Å². The fraction of sp³-hybridized carbons (Fsp3) is 0.278. The van der Waals surface area contributed by atoms with Gasteiger partial charge in [-0.05, 0) is 43.2 Å². The number of aromatic nitrogens is 1. The fourth-order valence-corrected chi connectivity index (χ4v) is 3.30. The minimum atomic E-state index is -0.813. The minimum Gasteiger partial charge on any atom is -0.481 e. The molecule has 0 atom stereocenters. The zero-order valence-electron chi connectivity index (χ0n) is 14.1. The molecule has 3 N–H and O–H groups in total. The molecule has 7 heteroatoms. The maximum absolute atomic E-state index is 12.4. The van der Waals surface area contributed by atoms with Gasteiger partial charge in [0.1, 0.15) is 5.56 Å². The molecule has 25 heavy (non-hydrogen) atoms. The molecule has 0 unspecified atom stereocenters. The lowest BCUT2D eigenvalue weighted by Gasteiger charge is -2.09. The van der Waals surface area contributed by atoms with Gasteiger partial charge in [-0.3, -0.25) is 14.4 Å². The predicted molar refractivity (Wildman–Crippen MR) is 99.3 cm³/mol.